The SMILES string of the molecule is NC(=O)C(c1cccc(F)c1)C1CCCCN1. The molecule has 1 aliphatic rings. The van der Waals surface area contributed by atoms with Gasteiger partial charge in [0.1, 0.15) is 5.82 Å². The van der Waals surface area contributed by atoms with E-state index in [0.717, 1.165) is 25.8 Å². The van der Waals surface area contributed by atoms with E-state index in [9.17, 15) is 9.18 Å². The molecule has 1 aromatic carbocycles. The van der Waals surface area contributed by atoms with Crippen molar-refractivity contribution in [3.63, 3.8) is 0 Å². The van der Waals surface area contributed by atoms with E-state index >= 15 is 0 Å². The molecule has 3 N–H and O–H groups in total. The van der Waals surface area contributed by atoms with Crippen LogP contribution in [0.4, 0.5) is 4.39 Å². The van der Waals surface area contributed by atoms with Crippen LogP contribution >= 0.6 is 0 Å². The number of amides is 1. The van der Waals surface area contributed by atoms with Crippen LogP contribution in [0.15, 0.2) is 24.3 Å². The number of rotatable bonds is 3. The molecular formula is C13H17FN2O. The highest BCUT2D eigenvalue weighted by Crippen LogP contribution is 2.25. The van der Waals surface area contributed by atoms with Crippen molar-refractivity contribution < 1.29 is 9.18 Å². The number of carbonyl (C=O) groups is 1. The Labute approximate surface area is 100 Å². The summed E-state index contributed by atoms with van der Waals surface area (Å²) in [4.78, 5) is 11.6. The molecule has 0 aliphatic carbocycles. The molecule has 92 valence electrons. The number of benzene rings is 1. The molecule has 1 saturated heterocycles. The monoisotopic (exact) mass is 236 g/mol. The van der Waals surface area contributed by atoms with Gasteiger partial charge in [0.15, 0.2) is 0 Å². The van der Waals surface area contributed by atoms with Gasteiger partial charge in [0.05, 0.1) is 5.92 Å². The molecular weight excluding hydrogens is 219 g/mol. The first kappa shape index (κ1) is 12.0. The molecule has 3 nitrogen and oxygen atoms in total. The molecule has 0 aromatic heterocycles. The van der Waals surface area contributed by atoms with Gasteiger partial charge in [-0.15, -0.1) is 0 Å². The van der Waals surface area contributed by atoms with Crippen LogP contribution in [0.3, 0.4) is 0 Å². The molecule has 17 heavy (non-hydrogen) atoms. The number of nitrogens with two attached hydrogens (primary N) is 1. The summed E-state index contributed by atoms with van der Waals surface area (Å²) >= 11 is 0. The van der Waals surface area contributed by atoms with Gasteiger partial charge in [-0.2, -0.15) is 0 Å². The van der Waals surface area contributed by atoms with Crippen LogP contribution in [-0.4, -0.2) is 18.5 Å². The van der Waals surface area contributed by atoms with E-state index in [2.05, 4.69) is 5.32 Å². The highest BCUT2D eigenvalue weighted by atomic mass is 19.1. The van der Waals surface area contributed by atoms with Gasteiger partial charge in [-0.25, -0.2) is 4.39 Å². The molecule has 1 amide bonds. The molecule has 2 unspecified atom stereocenters. The molecule has 1 heterocycles. The number of carbonyl (C=O) groups excluding carboxylic acids is 1. The molecule has 2 atom stereocenters. The Bertz CT molecular complexity index is 402. The summed E-state index contributed by atoms with van der Waals surface area (Å²) in [6.07, 6.45) is 3.10. The van der Waals surface area contributed by atoms with Gasteiger partial charge in [0.2, 0.25) is 5.91 Å². The zero-order chi connectivity index (χ0) is 12.3. The number of primary amides is 1. The largest absolute Gasteiger partial charge is 0.369 e. The first-order valence-corrected chi connectivity index (χ1v) is 5.96. The first-order valence-electron chi connectivity index (χ1n) is 5.96. The zero-order valence-electron chi connectivity index (χ0n) is 9.66. The van der Waals surface area contributed by atoms with E-state index in [1.54, 1.807) is 12.1 Å². The second-order valence-corrected chi connectivity index (χ2v) is 4.49. The van der Waals surface area contributed by atoms with Crippen LogP contribution < -0.4 is 11.1 Å². The summed E-state index contributed by atoms with van der Waals surface area (Å²) in [6, 6.07) is 6.17. The maximum Gasteiger partial charge on any atom is 0.226 e. The zero-order valence-corrected chi connectivity index (χ0v) is 9.66. The quantitative estimate of drug-likeness (QED) is 0.836. The predicted octanol–water partition coefficient (Wildman–Crippen LogP) is 1.54. The Morgan fingerprint density at radius 1 is 1.47 bits per heavy atom. The van der Waals surface area contributed by atoms with Gasteiger partial charge in [-0.3, -0.25) is 4.79 Å². The Balaban J connectivity index is 2.25. The van der Waals surface area contributed by atoms with Crippen LogP contribution in [0, 0.1) is 5.82 Å². The van der Waals surface area contributed by atoms with Crippen molar-refractivity contribution in [1.82, 2.24) is 5.32 Å². The van der Waals surface area contributed by atoms with Gasteiger partial charge in [-0.05, 0) is 37.1 Å². The predicted molar refractivity (Wildman–Crippen MR) is 64.0 cm³/mol. The van der Waals surface area contributed by atoms with Crippen molar-refractivity contribution in [2.75, 3.05) is 6.54 Å². The molecule has 1 aliphatic heterocycles. The Morgan fingerprint density at radius 3 is 2.88 bits per heavy atom. The molecule has 1 aromatic rings. The third-order valence-corrected chi connectivity index (χ3v) is 3.27. The van der Waals surface area contributed by atoms with E-state index in [0.29, 0.717) is 5.56 Å². The van der Waals surface area contributed by atoms with Crippen LogP contribution in [0.2, 0.25) is 0 Å². The summed E-state index contributed by atoms with van der Waals surface area (Å²) in [6.45, 7) is 0.893. The topological polar surface area (TPSA) is 55.1 Å². The molecule has 0 radical (unpaired) electrons. The van der Waals surface area contributed by atoms with E-state index < -0.39 is 11.8 Å². The van der Waals surface area contributed by atoms with Crippen molar-refractivity contribution in [3.8, 4) is 0 Å². The summed E-state index contributed by atoms with van der Waals surface area (Å²) in [5, 5.41) is 3.30. The molecule has 0 saturated carbocycles. The summed E-state index contributed by atoms with van der Waals surface area (Å²) in [5.41, 5.74) is 6.11. The number of piperidine rings is 1. The number of hydrogen-bond acceptors (Lipinski definition) is 2. The summed E-state index contributed by atoms with van der Waals surface area (Å²) in [7, 11) is 0. The van der Waals surface area contributed by atoms with Crippen molar-refractivity contribution in [1.29, 1.82) is 0 Å². The lowest BCUT2D eigenvalue weighted by atomic mass is 9.86. The molecule has 1 fully saturated rings. The van der Waals surface area contributed by atoms with Crippen LogP contribution in [-0.2, 0) is 4.79 Å². The minimum atomic E-state index is -0.439. The maximum atomic E-state index is 13.2. The normalized spacial score (nSPS) is 22.1. The molecule has 0 spiro atoms. The Kier molecular flexibility index (Phi) is 3.74. The minimum Gasteiger partial charge on any atom is -0.369 e. The summed E-state index contributed by atoms with van der Waals surface area (Å²) in [5.74, 6) is -1.16. The van der Waals surface area contributed by atoms with Crippen molar-refractivity contribution >= 4 is 5.91 Å². The highest BCUT2D eigenvalue weighted by Gasteiger charge is 2.29. The van der Waals surface area contributed by atoms with Crippen molar-refractivity contribution in [2.24, 2.45) is 5.73 Å². The number of halogens is 1. The Hall–Kier alpha value is -1.42. The number of nitrogens with one attached hydrogen (secondary N) is 1. The van der Waals surface area contributed by atoms with Crippen LogP contribution in [0.5, 0.6) is 0 Å². The molecule has 4 heteroatoms. The molecule has 0 bridgehead atoms. The van der Waals surface area contributed by atoms with Gasteiger partial charge in [-0.1, -0.05) is 18.6 Å². The van der Waals surface area contributed by atoms with Crippen LogP contribution in [0.25, 0.3) is 0 Å². The lowest BCUT2D eigenvalue weighted by molar-refractivity contribution is -0.120. The summed E-state index contributed by atoms with van der Waals surface area (Å²) < 4.78 is 13.2. The standard InChI is InChI=1S/C13H17FN2O/c14-10-5-3-4-9(8-10)12(13(15)17)11-6-1-2-7-16-11/h3-5,8,11-12,16H,1-2,6-7H2,(H2,15,17). The van der Waals surface area contributed by atoms with Gasteiger partial charge in [0.25, 0.3) is 0 Å². The minimum absolute atomic E-state index is 0.0306. The van der Waals surface area contributed by atoms with Gasteiger partial charge < -0.3 is 11.1 Å². The van der Waals surface area contributed by atoms with Crippen molar-refractivity contribution in [3.05, 3.63) is 35.6 Å². The highest BCUT2D eigenvalue weighted by molar-refractivity contribution is 5.82. The fraction of sp³-hybridized carbons (Fsp3) is 0.462. The maximum absolute atomic E-state index is 13.2. The fourth-order valence-electron chi connectivity index (χ4n) is 2.46. The Morgan fingerprint density at radius 2 is 2.29 bits per heavy atom. The number of hydrogen-bond donors (Lipinski definition) is 2. The van der Waals surface area contributed by atoms with Crippen molar-refractivity contribution in [2.45, 2.75) is 31.2 Å². The lowest BCUT2D eigenvalue weighted by Gasteiger charge is -2.29. The lowest BCUT2D eigenvalue weighted by Crippen LogP contribution is -2.43. The second kappa shape index (κ2) is 5.27. The third kappa shape index (κ3) is 2.82. The average molecular weight is 236 g/mol. The van der Waals surface area contributed by atoms with Crippen LogP contribution in [0.1, 0.15) is 30.7 Å². The van der Waals surface area contributed by atoms with Gasteiger partial charge in [0, 0.05) is 6.04 Å². The van der Waals surface area contributed by atoms with E-state index in [-0.39, 0.29) is 11.9 Å². The van der Waals surface area contributed by atoms with Gasteiger partial charge >= 0.3 is 0 Å². The smallest absolute Gasteiger partial charge is 0.226 e. The molecule has 2 rings (SSSR count). The first-order chi connectivity index (χ1) is 8.18. The van der Waals surface area contributed by atoms with E-state index in [4.69, 9.17) is 5.73 Å². The fourth-order valence-corrected chi connectivity index (χ4v) is 2.46. The second-order valence-electron chi connectivity index (χ2n) is 4.49. The average Bonchev–Trinajstić information content (AvgIpc) is 2.30. The van der Waals surface area contributed by atoms with E-state index in [1.165, 1.54) is 12.1 Å². The van der Waals surface area contributed by atoms with E-state index in [1.807, 2.05) is 0 Å². The third-order valence-electron chi connectivity index (χ3n) is 3.27.